The number of hydrogen-bond donors (Lipinski definition) is 2. The summed E-state index contributed by atoms with van der Waals surface area (Å²) in [5.74, 6) is -0.757. The minimum absolute atomic E-state index is 0.0795. The molecule has 3 aromatic rings. The van der Waals surface area contributed by atoms with Crippen LogP contribution in [0.2, 0.25) is 0 Å². The number of carboxylic acids is 1. The quantitative estimate of drug-likeness (QED) is 0.279. The average Bonchev–Trinajstić information content (AvgIpc) is 3.26. The van der Waals surface area contributed by atoms with Crippen LogP contribution in [0.3, 0.4) is 0 Å². The summed E-state index contributed by atoms with van der Waals surface area (Å²) in [6, 6.07) is 17.3. The lowest BCUT2D eigenvalue weighted by atomic mass is 9.85. The molecule has 2 aromatic carbocycles. The number of carbonyl (C=O) groups is 2. The molecule has 0 aliphatic carbocycles. The van der Waals surface area contributed by atoms with Gasteiger partial charge in [-0.25, -0.2) is 0 Å². The Balaban J connectivity index is 1.80. The Labute approximate surface area is 223 Å². The highest BCUT2D eigenvalue weighted by atomic mass is 32.2. The van der Waals surface area contributed by atoms with E-state index in [1.54, 1.807) is 0 Å². The minimum atomic E-state index is -0.919. The van der Waals surface area contributed by atoms with Crippen LogP contribution in [0.5, 0.6) is 0 Å². The van der Waals surface area contributed by atoms with Crippen LogP contribution in [-0.4, -0.2) is 23.5 Å². The Bertz CT molecular complexity index is 1200. The van der Waals surface area contributed by atoms with E-state index in [9.17, 15) is 9.59 Å². The lowest BCUT2D eigenvalue weighted by Crippen LogP contribution is -2.25. The van der Waals surface area contributed by atoms with Gasteiger partial charge in [0.15, 0.2) is 0 Å². The highest BCUT2D eigenvalue weighted by Crippen LogP contribution is 2.45. The van der Waals surface area contributed by atoms with Crippen LogP contribution >= 0.6 is 23.1 Å². The first-order valence-electron chi connectivity index (χ1n) is 12.4. The first kappa shape index (κ1) is 28.0. The van der Waals surface area contributed by atoms with Gasteiger partial charge in [0.05, 0.1) is 11.3 Å². The molecule has 36 heavy (non-hydrogen) atoms. The van der Waals surface area contributed by atoms with E-state index in [2.05, 4.69) is 90.2 Å². The Morgan fingerprint density at radius 1 is 1.00 bits per heavy atom. The molecule has 0 aliphatic heterocycles. The fourth-order valence-electron chi connectivity index (χ4n) is 4.25. The van der Waals surface area contributed by atoms with Crippen molar-refractivity contribution in [1.29, 1.82) is 0 Å². The third-order valence-corrected chi connectivity index (χ3v) is 9.05. The normalized spacial score (nSPS) is 12.6. The van der Waals surface area contributed by atoms with Gasteiger partial charge in [-0.1, -0.05) is 58.9 Å². The van der Waals surface area contributed by atoms with Crippen molar-refractivity contribution in [2.75, 3.05) is 6.54 Å². The van der Waals surface area contributed by atoms with E-state index >= 15 is 0 Å². The van der Waals surface area contributed by atoms with Crippen LogP contribution in [0.1, 0.15) is 77.5 Å². The van der Waals surface area contributed by atoms with Crippen molar-refractivity contribution in [3.05, 3.63) is 75.0 Å². The van der Waals surface area contributed by atoms with Crippen LogP contribution in [0.25, 0.3) is 11.1 Å². The number of thiophene rings is 1. The molecule has 0 saturated carbocycles. The zero-order valence-corrected chi connectivity index (χ0v) is 23.9. The van der Waals surface area contributed by atoms with E-state index < -0.39 is 5.97 Å². The van der Waals surface area contributed by atoms with Gasteiger partial charge in [0, 0.05) is 21.6 Å². The predicted molar refractivity (Wildman–Crippen MR) is 152 cm³/mol. The molecular formula is C30H37NO3S2. The summed E-state index contributed by atoms with van der Waals surface area (Å²) in [5.41, 5.74) is 6.51. The van der Waals surface area contributed by atoms with Gasteiger partial charge in [-0.05, 0) is 77.3 Å². The molecule has 4 nitrogen and oxygen atoms in total. The molecule has 192 valence electrons. The second-order valence-corrected chi connectivity index (χ2v) is 13.0. The Morgan fingerprint density at radius 3 is 2.14 bits per heavy atom. The third kappa shape index (κ3) is 7.01. The summed E-state index contributed by atoms with van der Waals surface area (Å²) in [6.07, 6.45) is -0.0795. The number of hydrogen-bond acceptors (Lipinski definition) is 4. The van der Waals surface area contributed by atoms with Gasteiger partial charge in [-0.3, -0.25) is 9.59 Å². The maximum atomic E-state index is 12.4. The fourth-order valence-corrected chi connectivity index (χ4v) is 6.87. The number of nitrogens with one attached hydrogen (secondary N) is 1. The summed E-state index contributed by atoms with van der Waals surface area (Å²) in [7, 11) is 0. The molecule has 1 heterocycles. The van der Waals surface area contributed by atoms with E-state index in [-0.39, 0.29) is 29.5 Å². The van der Waals surface area contributed by atoms with Gasteiger partial charge < -0.3 is 10.4 Å². The number of amides is 1. The zero-order chi connectivity index (χ0) is 26.6. The molecule has 1 unspecified atom stereocenters. The first-order chi connectivity index (χ1) is 16.9. The molecule has 0 spiro atoms. The highest BCUT2D eigenvalue weighted by molar-refractivity contribution is 7.99. The molecule has 2 N–H and O–H groups in total. The van der Waals surface area contributed by atoms with Crippen LogP contribution in [0, 0.1) is 19.8 Å². The largest absolute Gasteiger partial charge is 0.481 e. The topological polar surface area (TPSA) is 66.4 Å². The maximum absolute atomic E-state index is 12.4. The standard InChI is InChI=1S/C30H37NO3S2/c1-18(2)28(24-12-13-25(36-24)29(34)31-15-14-26(32)33)35-23-16-19(3)27(20(4)17-23)21-8-10-22(11-9-21)30(5,6)7/h8-13,16-18,28H,14-15H2,1-7H3,(H,31,34)(H,32,33). The van der Waals surface area contributed by atoms with Crippen molar-refractivity contribution < 1.29 is 14.7 Å². The lowest BCUT2D eigenvalue weighted by molar-refractivity contribution is -0.136. The van der Waals surface area contributed by atoms with Crippen molar-refractivity contribution in [1.82, 2.24) is 5.32 Å². The van der Waals surface area contributed by atoms with E-state index in [1.807, 2.05) is 23.9 Å². The van der Waals surface area contributed by atoms with Crippen LogP contribution < -0.4 is 5.32 Å². The molecular weight excluding hydrogens is 486 g/mol. The van der Waals surface area contributed by atoms with Crippen LogP contribution in [0.4, 0.5) is 0 Å². The number of carbonyl (C=O) groups excluding carboxylic acids is 1. The zero-order valence-electron chi connectivity index (χ0n) is 22.3. The number of thioether (sulfide) groups is 1. The van der Waals surface area contributed by atoms with Crippen molar-refractivity contribution in [3.63, 3.8) is 0 Å². The molecule has 1 atom stereocenters. The summed E-state index contributed by atoms with van der Waals surface area (Å²) in [4.78, 5) is 26.1. The summed E-state index contributed by atoms with van der Waals surface area (Å²) in [6.45, 7) is 15.6. The number of aryl methyl sites for hydroxylation is 2. The van der Waals surface area contributed by atoms with Crippen molar-refractivity contribution >= 4 is 35.0 Å². The van der Waals surface area contributed by atoms with E-state index in [4.69, 9.17) is 5.11 Å². The van der Waals surface area contributed by atoms with Gasteiger partial charge in [0.1, 0.15) is 0 Å². The first-order valence-corrected chi connectivity index (χ1v) is 14.0. The minimum Gasteiger partial charge on any atom is -0.481 e. The number of benzene rings is 2. The van der Waals surface area contributed by atoms with Gasteiger partial charge in [-0.15, -0.1) is 23.1 Å². The summed E-state index contributed by atoms with van der Waals surface area (Å²) >= 11 is 3.32. The predicted octanol–water partition coefficient (Wildman–Crippen LogP) is 8.02. The van der Waals surface area contributed by atoms with Gasteiger partial charge >= 0.3 is 5.97 Å². The number of rotatable bonds is 9. The summed E-state index contributed by atoms with van der Waals surface area (Å²) in [5, 5.41) is 11.7. The van der Waals surface area contributed by atoms with Crippen molar-refractivity contribution in [3.8, 4) is 11.1 Å². The molecule has 3 rings (SSSR count). The molecule has 1 amide bonds. The smallest absolute Gasteiger partial charge is 0.305 e. The van der Waals surface area contributed by atoms with Crippen LogP contribution in [0.15, 0.2) is 53.4 Å². The summed E-state index contributed by atoms with van der Waals surface area (Å²) < 4.78 is 0. The monoisotopic (exact) mass is 523 g/mol. The van der Waals surface area contributed by atoms with E-state index in [1.165, 1.54) is 44.0 Å². The molecule has 0 saturated heterocycles. The van der Waals surface area contributed by atoms with Gasteiger partial charge in [0.25, 0.3) is 5.91 Å². The van der Waals surface area contributed by atoms with E-state index in [0.717, 1.165) is 4.88 Å². The molecule has 0 fully saturated rings. The molecule has 0 bridgehead atoms. The molecule has 0 radical (unpaired) electrons. The SMILES string of the molecule is Cc1cc(SC(c2ccc(C(=O)NCCC(=O)O)s2)C(C)C)cc(C)c1-c1ccc(C(C)(C)C)cc1. The van der Waals surface area contributed by atoms with Crippen molar-refractivity contribution in [2.45, 2.75) is 70.4 Å². The number of carboxylic acid groups (broad SMARTS) is 1. The third-order valence-electron chi connectivity index (χ3n) is 6.17. The molecule has 0 aliphatic rings. The Kier molecular flexibility index (Phi) is 9.07. The van der Waals surface area contributed by atoms with Crippen LogP contribution in [-0.2, 0) is 10.2 Å². The van der Waals surface area contributed by atoms with Crippen molar-refractivity contribution in [2.24, 2.45) is 5.92 Å². The second-order valence-electron chi connectivity index (χ2n) is 10.6. The van der Waals surface area contributed by atoms with Gasteiger partial charge in [-0.2, -0.15) is 0 Å². The molecule has 1 aromatic heterocycles. The Hall–Kier alpha value is -2.57. The lowest BCUT2D eigenvalue weighted by Gasteiger charge is -2.22. The Morgan fingerprint density at radius 2 is 1.61 bits per heavy atom. The fraction of sp³-hybridized carbons (Fsp3) is 0.400. The molecule has 6 heteroatoms. The van der Waals surface area contributed by atoms with E-state index in [0.29, 0.717) is 10.8 Å². The maximum Gasteiger partial charge on any atom is 0.305 e. The number of aliphatic carboxylic acids is 1. The second kappa shape index (κ2) is 11.7. The highest BCUT2D eigenvalue weighted by Gasteiger charge is 2.22. The van der Waals surface area contributed by atoms with Gasteiger partial charge in [0.2, 0.25) is 0 Å². The average molecular weight is 524 g/mol.